The summed E-state index contributed by atoms with van der Waals surface area (Å²) in [5.41, 5.74) is 2.83. The lowest BCUT2D eigenvalue weighted by Gasteiger charge is -2.16. The number of anilines is 1. The van der Waals surface area contributed by atoms with Crippen LogP contribution < -0.4 is 10.6 Å². The van der Waals surface area contributed by atoms with Crippen LogP contribution in [0.15, 0.2) is 36.4 Å². The number of nitrogens with one attached hydrogen (secondary N) is 3. The minimum absolute atomic E-state index is 0.109. The van der Waals surface area contributed by atoms with Crippen molar-refractivity contribution >= 4 is 28.5 Å². The summed E-state index contributed by atoms with van der Waals surface area (Å²) in [6, 6.07) is 9.13. The summed E-state index contributed by atoms with van der Waals surface area (Å²) in [6.07, 6.45) is 0.788. The Labute approximate surface area is 174 Å². The summed E-state index contributed by atoms with van der Waals surface area (Å²) in [4.78, 5) is 32.4. The number of hydrogen-bond acceptors (Lipinski definition) is 4. The summed E-state index contributed by atoms with van der Waals surface area (Å²) >= 11 is 0. The zero-order valence-corrected chi connectivity index (χ0v) is 17.2. The molecule has 0 radical (unpaired) electrons. The maximum Gasteiger partial charge on any atom is 0.251 e. The largest absolute Gasteiger partial charge is 0.383 e. The van der Waals surface area contributed by atoms with Gasteiger partial charge in [0.2, 0.25) is 5.91 Å². The van der Waals surface area contributed by atoms with E-state index in [0.717, 1.165) is 28.5 Å². The lowest BCUT2D eigenvalue weighted by molar-refractivity contribution is -0.115. The van der Waals surface area contributed by atoms with Gasteiger partial charge in [0.1, 0.15) is 11.6 Å². The molecule has 0 bridgehead atoms. The Bertz CT molecular complexity index is 1060. The molecule has 2 amide bonds. The number of rotatable bonds is 8. The highest BCUT2D eigenvalue weighted by Crippen LogP contribution is 2.17. The third-order valence-electron chi connectivity index (χ3n) is 4.67. The zero-order chi connectivity index (χ0) is 21.7. The molecule has 30 heavy (non-hydrogen) atoms. The number of nitrogens with zero attached hydrogens (tertiary/aromatic N) is 1. The van der Waals surface area contributed by atoms with E-state index in [9.17, 15) is 14.0 Å². The molecule has 1 heterocycles. The second-order valence-corrected chi connectivity index (χ2v) is 7.16. The molecule has 2 aromatic carbocycles. The van der Waals surface area contributed by atoms with Gasteiger partial charge in [-0.25, -0.2) is 9.37 Å². The molecule has 1 atom stereocenters. The summed E-state index contributed by atoms with van der Waals surface area (Å²) in [5.74, 6) is -0.539. The van der Waals surface area contributed by atoms with Crippen molar-refractivity contribution in [3.8, 4) is 0 Å². The molecule has 1 unspecified atom stereocenters. The van der Waals surface area contributed by atoms with Gasteiger partial charge in [-0.2, -0.15) is 0 Å². The molecule has 3 N–H and O–H groups in total. The first-order valence-electron chi connectivity index (χ1n) is 9.73. The van der Waals surface area contributed by atoms with Gasteiger partial charge in [-0.3, -0.25) is 9.59 Å². The van der Waals surface area contributed by atoms with E-state index in [-0.39, 0.29) is 29.6 Å². The third-order valence-corrected chi connectivity index (χ3v) is 4.67. The van der Waals surface area contributed by atoms with Crippen molar-refractivity contribution in [2.45, 2.75) is 32.7 Å². The van der Waals surface area contributed by atoms with Crippen LogP contribution in [0.4, 0.5) is 10.1 Å². The third kappa shape index (κ3) is 5.42. The van der Waals surface area contributed by atoms with Gasteiger partial charge >= 0.3 is 0 Å². The van der Waals surface area contributed by atoms with Crippen molar-refractivity contribution in [2.75, 3.05) is 19.0 Å². The zero-order valence-electron chi connectivity index (χ0n) is 17.2. The normalized spacial score (nSPS) is 12.0. The molecule has 0 saturated carbocycles. The summed E-state index contributed by atoms with van der Waals surface area (Å²) < 4.78 is 19.1. The van der Waals surface area contributed by atoms with Crippen LogP contribution in [0, 0.1) is 12.7 Å². The van der Waals surface area contributed by atoms with Crippen molar-refractivity contribution < 1.29 is 18.7 Å². The molecular weight excluding hydrogens is 387 g/mol. The molecule has 8 heteroatoms. The Kier molecular flexibility index (Phi) is 6.79. The van der Waals surface area contributed by atoms with Crippen LogP contribution in [0.5, 0.6) is 0 Å². The Morgan fingerprint density at radius 2 is 2.03 bits per heavy atom. The Morgan fingerprint density at radius 3 is 2.77 bits per heavy atom. The Balaban J connectivity index is 1.69. The van der Waals surface area contributed by atoms with Gasteiger partial charge in [-0.15, -0.1) is 0 Å². The van der Waals surface area contributed by atoms with Crippen molar-refractivity contribution in [3.05, 3.63) is 59.2 Å². The summed E-state index contributed by atoms with van der Waals surface area (Å²) in [7, 11) is 1.55. The van der Waals surface area contributed by atoms with Gasteiger partial charge in [0.15, 0.2) is 0 Å². The highest BCUT2D eigenvalue weighted by Gasteiger charge is 2.15. The molecule has 1 aromatic heterocycles. The van der Waals surface area contributed by atoms with Gasteiger partial charge in [0.25, 0.3) is 5.91 Å². The number of aromatic amines is 1. The molecule has 0 saturated heterocycles. The number of benzene rings is 2. The lowest BCUT2D eigenvalue weighted by Crippen LogP contribution is -2.37. The predicted molar refractivity (Wildman–Crippen MR) is 113 cm³/mol. The fraction of sp³-hybridized carbons (Fsp3) is 0.318. The molecule has 3 rings (SSSR count). The van der Waals surface area contributed by atoms with Crippen LogP contribution >= 0.6 is 0 Å². The highest BCUT2D eigenvalue weighted by molar-refractivity contribution is 5.98. The molecule has 158 valence electrons. The number of H-pyrrole nitrogens is 1. The molecule has 0 aliphatic carbocycles. The minimum atomic E-state index is -0.605. The SMILES string of the molecule is CCC(COC)NC(=O)c1cc(F)cc(NC(=O)Cc2ccc3nc(C)[nH]c3c2)c1. The first-order chi connectivity index (χ1) is 14.4. The lowest BCUT2D eigenvalue weighted by atomic mass is 10.1. The van der Waals surface area contributed by atoms with Gasteiger partial charge < -0.3 is 20.4 Å². The van der Waals surface area contributed by atoms with E-state index >= 15 is 0 Å². The van der Waals surface area contributed by atoms with Gasteiger partial charge in [-0.05, 0) is 49.2 Å². The highest BCUT2D eigenvalue weighted by atomic mass is 19.1. The maximum atomic E-state index is 14.0. The molecule has 0 aliphatic rings. The van der Waals surface area contributed by atoms with Crippen LogP contribution in [-0.4, -0.2) is 41.5 Å². The van der Waals surface area contributed by atoms with Crippen molar-refractivity contribution in [3.63, 3.8) is 0 Å². The molecule has 7 nitrogen and oxygen atoms in total. The van der Waals surface area contributed by atoms with Crippen LogP contribution in [0.2, 0.25) is 0 Å². The number of carbonyl (C=O) groups excluding carboxylic acids is 2. The molecule has 3 aromatic rings. The van der Waals surface area contributed by atoms with Gasteiger partial charge in [0, 0.05) is 18.4 Å². The monoisotopic (exact) mass is 412 g/mol. The fourth-order valence-electron chi connectivity index (χ4n) is 3.21. The molecule has 0 fully saturated rings. The quantitative estimate of drug-likeness (QED) is 0.529. The molecular formula is C22H25FN4O3. The van der Waals surface area contributed by atoms with Crippen LogP contribution in [0.25, 0.3) is 11.0 Å². The average Bonchev–Trinajstić information content (AvgIpc) is 3.06. The first kappa shape index (κ1) is 21.4. The number of carbonyl (C=O) groups is 2. The fourth-order valence-corrected chi connectivity index (χ4v) is 3.21. The number of halogens is 1. The number of methoxy groups -OCH3 is 1. The minimum Gasteiger partial charge on any atom is -0.383 e. The number of aromatic nitrogens is 2. The van der Waals surface area contributed by atoms with Gasteiger partial charge in [-0.1, -0.05) is 13.0 Å². The van der Waals surface area contributed by atoms with E-state index in [1.807, 2.05) is 32.0 Å². The van der Waals surface area contributed by atoms with E-state index in [1.165, 1.54) is 12.1 Å². The van der Waals surface area contributed by atoms with E-state index < -0.39 is 11.7 Å². The summed E-state index contributed by atoms with van der Waals surface area (Å²) in [6.45, 7) is 4.15. The smallest absolute Gasteiger partial charge is 0.251 e. The van der Waals surface area contributed by atoms with E-state index in [2.05, 4.69) is 20.6 Å². The number of fused-ring (bicyclic) bond motifs is 1. The predicted octanol–water partition coefficient (Wildman–Crippen LogP) is 3.35. The number of ether oxygens (including phenoxy) is 1. The Morgan fingerprint density at radius 1 is 1.23 bits per heavy atom. The number of hydrogen-bond donors (Lipinski definition) is 3. The van der Waals surface area contributed by atoms with E-state index in [4.69, 9.17) is 4.74 Å². The number of amides is 2. The number of aryl methyl sites for hydroxylation is 1. The van der Waals surface area contributed by atoms with E-state index in [0.29, 0.717) is 13.0 Å². The second kappa shape index (κ2) is 9.49. The van der Waals surface area contributed by atoms with Gasteiger partial charge in [0.05, 0.1) is 30.1 Å². The van der Waals surface area contributed by atoms with Crippen molar-refractivity contribution in [2.24, 2.45) is 0 Å². The second-order valence-electron chi connectivity index (χ2n) is 7.16. The topological polar surface area (TPSA) is 96.1 Å². The molecule has 0 spiro atoms. The summed E-state index contributed by atoms with van der Waals surface area (Å²) in [5, 5.41) is 5.46. The average molecular weight is 412 g/mol. The first-order valence-corrected chi connectivity index (χ1v) is 9.73. The Hall–Kier alpha value is -3.26. The van der Waals surface area contributed by atoms with Crippen molar-refractivity contribution in [1.82, 2.24) is 15.3 Å². The maximum absolute atomic E-state index is 14.0. The van der Waals surface area contributed by atoms with Crippen molar-refractivity contribution in [1.29, 1.82) is 0 Å². The standard InChI is InChI=1S/C22H25FN4O3/c1-4-17(12-30-3)27-22(29)15-9-16(23)11-18(10-15)26-21(28)8-14-5-6-19-20(7-14)25-13(2)24-19/h5-7,9-11,17H,4,8,12H2,1-3H3,(H,24,25)(H,26,28)(H,27,29). The van der Waals surface area contributed by atoms with Crippen LogP contribution in [0.1, 0.15) is 35.1 Å². The van der Waals surface area contributed by atoms with Crippen LogP contribution in [-0.2, 0) is 16.0 Å². The van der Waals surface area contributed by atoms with E-state index in [1.54, 1.807) is 7.11 Å². The molecule has 0 aliphatic heterocycles. The van der Waals surface area contributed by atoms with Crippen LogP contribution in [0.3, 0.4) is 0 Å². The number of imidazole rings is 1.